The molecule has 0 saturated carbocycles. The zero-order valence-corrected chi connectivity index (χ0v) is 9.28. The summed E-state index contributed by atoms with van der Waals surface area (Å²) in [5.74, 6) is 0. The van der Waals surface area contributed by atoms with Crippen LogP contribution in [0.4, 0.5) is 0 Å². The van der Waals surface area contributed by atoms with Crippen molar-refractivity contribution < 1.29 is 15.7 Å². The van der Waals surface area contributed by atoms with Crippen molar-refractivity contribution in [2.75, 3.05) is 13.1 Å². The minimum absolute atomic E-state index is 0. The monoisotopic (exact) mass is 252 g/mol. The molecule has 5 nitrogen and oxygen atoms in total. The van der Waals surface area contributed by atoms with E-state index in [-0.39, 0.29) is 40.2 Å². The molecule has 0 aliphatic heterocycles. The van der Waals surface area contributed by atoms with Crippen molar-refractivity contribution in [2.45, 2.75) is 13.8 Å². The molecule has 14 heavy (non-hydrogen) atoms. The van der Waals surface area contributed by atoms with E-state index in [2.05, 4.69) is 30.2 Å². The van der Waals surface area contributed by atoms with Crippen LogP contribution in [-0.4, -0.2) is 73.6 Å². The van der Waals surface area contributed by atoms with E-state index in [1.165, 1.54) is 0 Å². The number of nitrogens with two attached hydrogens (primary N) is 1. The molecule has 0 atom stereocenters. The van der Waals surface area contributed by atoms with Gasteiger partial charge in [-0.05, 0) is 38.3 Å². The first-order valence-corrected chi connectivity index (χ1v) is 4.23. The Morgan fingerprint density at radius 3 is 1.43 bits per heavy atom. The van der Waals surface area contributed by atoms with E-state index in [0.29, 0.717) is 0 Å². The molecule has 0 bridgehead atoms. The molecule has 0 radical (unpaired) electrons. The molecule has 0 aromatic rings. The molecule has 0 unspecified atom stereocenters. The SMILES string of the molecule is CCN(CC)C(O)=S.NC(O)=S.O.[NaH]. The number of aliphatic hydroxyl groups is 2. The van der Waals surface area contributed by atoms with Crippen LogP contribution in [0.2, 0.25) is 0 Å². The summed E-state index contributed by atoms with van der Waals surface area (Å²) in [6.45, 7) is 5.47. The van der Waals surface area contributed by atoms with E-state index in [1.54, 1.807) is 4.90 Å². The summed E-state index contributed by atoms with van der Waals surface area (Å²) in [5.41, 5.74) is 4.40. The van der Waals surface area contributed by atoms with Crippen LogP contribution in [-0.2, 0) is 0 Å². The van der Waals surface area contributed by atoms with Gasteiger partial charge in [0.1, 0.15) is 0 Å². The summed E-state index contributed by atoms with van der Waals surface area (Å²) < 4.78 is 0. The topological polar surface area (TPSA) is 101 Å². The average molecular weight is 252 g/mol. The predicted octanol–water partition coefficient (Wildman–Crippen LogP) is -0.514. The standard InChI is InChI=1S/C5H11NOS.CH3NOS.Na.H2O.H/c1-3-6(4-2)5(7)8;2-1(3)4;;;/h3-4H2,1-2H3,(H,7,8);(H3,2,3,4);;1H2;. The average Bonchev–Trinajstić information content (AvgIpc) is 1.87. The van der Waals surface area contributed by atoms with E-state index in [4.69, 9.17) is 10.2 Å². The van der Waals surface area contributed by atoms with E-state index in [9.17, 15) is 0 Å². The molecule has 0 aromatic heterocycles. The quantitative estimate of drug-likeness (QED) is 0.452. The van der Waals surface area contributed by atoms with Gasteiger partial charge < -0.3 is 26.3 Å². The maximum absolute atomic E-state index is 8.67. The van der Waals surface area contributed by atoms with Crippen molar-refractivity contribution in [3.8, 4) is 0 Å². The van der Waals surface area contributed by atoms with Crippen molar-refractivity contribution >= 4 is 64.3 Å². The van der Waals surface area contributed by atoms with Gasteiger partial charge in [-0.1, -0.05) is 0 Å². The maximum atomic E-state index is 8.67. The fourth-order valence-electron chi connectivity index (χ4n) is 0.494. The van der Waals surface area contributed by atoms with Gasteiger partial charge in [0.05, 0.1) is 0 Å². The minimum atomic E-state index is -0.500. The summed E-state index contributed by atoms with van der Waals surface area (Å²) >= 11 is 8.37. The Balaban J connectivity index is -0.0000000733. The summed E-state index contributed by atoms with van der Waals surface area (Å²) in [6.07, 6.45) is 0. The molecular weight excluding hydrogens is 235 g/mol. The van der Waals surface area contributed by atoms with Crippen molar-refractivity contribution in [1.82, 2.24) is 4.90 Å². The summed E-state index contributed by atoms with van der Waals surface area (Å²) in [4.78, 5) is 1.70. The Morgan fingerprint density at radius 2 is 1.43 bits per heavy atom. The van der Waals surface area contributed by atoms with Crippen molar-refractivity contribution in [1.29, 1.82) is 0 Å². The van der Waals surface area contributed by atoms with Gasteiger partial charge >= 0.3 is 29.6 Å². The van der Waals surface area contributed by atoms with Gasteiger partial charge in [0.2, 0.25) is 0 Å². The molecular formula is C6H17N2NaO3S2. The van der Waals surface area contributed by atoms with Gasteiger partial charge in [-0.25, -0.2) is 0 Å². The Hall–Kier alpha value is 0.340. The predicted molar refractivity (Wildman–Crippen MR) is 68.3 cm³/mol. The van der Waals surface area contributed by atoms with Crippen LogP contribution in [0.3, 0.4) is 0 Å². The fourth-order valence-corrected chi connectivity index (χ4v) is 0.752. The van der Waals surface area contributed by atoms with Crippen LogP contribution < -0.4 is 5.73 Å². The number of nitrogens with zero attached hydrogens (tertiary/aromatic N) is 1. The molecule has 0 fully saturated rings. The van der Waals surface area contributed by atoms with Gasteiger partial charge in [-0.15, -0.1) is 0 Å². The van der Waals surface area contributed by atoms with Gasteiger partial charge in [0.15, 0.2) is 0 Å². The molecule has 0 rings (SSSR count). The molecule has 0 heterocycles. The molecule has 0 saturated heterocycles. The third-order valence-electron chi connectivity index (χ3n) is 1.03. The number of rotatable bonds is 2. The normalized spacial score (nSPS) is 6.71. The summed E-state index contributed by atoms with van der Waals surface area (Å²) in [6, 6.07) is 0. The summed E-state index contributed by atoms with van der Waals surface area (Å²) in [7, 11) is 0. The van der Waals surface area contributed by atoms with Crippen molar-refractivity contribution in [2.24, 2.45) is 5.73 Å². The molecule has 6 N–H and O–H groups in total. The molecule has 82 valence electrons. The van der Waals surface area contributed by atoms with Gasteiger partial charge in [0, 0.05) is 13.1 Å². The number of hydrogen-bond donors (Lipinski definition) is 3. The van der Waals surface area contributed by atoms with Crippen LogP contribution in [0.5, 0.6) is 0 Å². The Morgan fingerprint density at radius 1 is 1.21 bits per heavy atom. The zero-order valence-electron chi connectivity index (χ0n) is 7.65. The second-order valence-corrected chi connectivity index (χ2v) is 2.58. The molecule has 0 amide bonds. The number of hydrogen-bond acceptors (Lipinski definition) is 2. The first-order valence-electron chi connectivity index (χ1n) is 3.41. The molecule has 8 heteroatoms. The van der Waals surface area contributed by atoms with Crippen LogP contribution in [0.15, 0.2) is 0 Å². The van der Waals surface area contributed by atoms with Crippen molar-refractivity contribution in [3.05, 3.63) is 0 Å². The van der Waals surface area contributed by atoms with E-state index >= 15 is 0 Å². The first-order chi connectivity index (χ1) is 5.45. The van der Waals surface area contributed by atoms with Crippen LogP contribution in [0, 0.1) is 0 Å². The van der Waals surface area contributed by atoms with Gasteiger partial charge in [-0.3, -0.25) is 0 Å². The van der Waals surface area contributed by atoms with Crippen LogP contribution in [0.1, 0.15) is 13.8 Å². The second-order valence-electron chi connectivity index (χ2n) is 1.79. The van der Waals surface area contributed by atoms with Gasteiger partial charge in [0.25, 0.3) is 10.3 Å². The number of aliphatic hydroxyl groups excluding tert-OH is 2. The molecule has 0 spiro atoms. The first kappa shape index (κ1) is 23.9. The Labute approximate surface area is 117 Å². The molecule has 0 aliphatic carbocycles. The molecule has 0 aliphatic rings. The fraction of sp³-hybridized carbons (Fsp3) is 0.667. The van der Waals surface area contributed by atoms with Gasteiger partial charge in [-0.2, -0.15) is 0 Å². The second kappa shape index (κ2) is 15.8. The van der Waals surface area contributed by atoms with E-state index in [0.717, 1.165) is 13.1 Å². The number of thiocarbonyl (C=S) groups is 2. The molecule has 0 aromatic carbocycles. The third kappa shape index (κ3) is 22.8. The van der Waals surface area contributed by atoms with E-state index in [1.807, 2.05) is 13.8 Å². The third-order valence-corrected chi connectivity index (χ3v) is 1.29. The van der Waals surface area contributed by atoms with Crippen molar-refractivity contribution in [3.63, 3.8) is 0 Å². The summed E-state index contributed by atoms with van der Waals surface area (Å²) in [5, 5.41) is 15.7. The van der Waals surface area contributed by atoms with Crippen LogP contribution in [0.25, 0.3) is 0 Å². The Kier molecular flexibility index (Phi) is 26.9. The zero-order chi connectivity index (χ0) is 10.1. The van der Waals surface area contributed by atoms with E-state index < -0.39 is 5.17 Å². The van der Waals surface area contributed by atoms with Crippen LogP contribution >= 0.6 is 24.4 Å². The Bertz CT molecular complexity index is 152.